The van der Waals surface area contributed by atoms with Crippen LogP contribution in [0, 0.1) is 0 Å². The van der Waals surface area contributed by atoms with Crippen LogP contribution in [0.2, 0.25) is 0 Å². The maximum Gasteiger partial charge on any atom is 0.322 e. The molecule has 1 aromatic carbocycles. The lowest BCUT2D eigenvalue weighted by atomic mass is 9.92. The molecule has 1 atom stereocenters. The molecule has 1 aliphatic rings. The predicted molar refractivity (Wildman–Crippen MR) is 100 cm³/mol. The average Bonchev–Trinajstić information content (AvgIpc) is 3.24. The van der Waals surface area contributed by atoms with E-state index in [-0.39, 0.29) is 24.8 Å². The first-order chi connectivity index (χ1) is 12.9. The predicted octanol–water partition coefficient (Wildman–Crippen LogP) is 1.56. The maximum atomic E-state index is 12.1. The van der Waals surface area contributed by atoms with Gasteiger partial charge in [-0.15, -0.1) is 11.3 Å². The highest BCUT2D eigenvalue weighted by Crippen LogP contribution is 2.26. The summed E-state index contributed by atoms with van der Waals surface area (Å²) < 4.78 is 0. The molecule has 8 nitrogen and oxygen atoms in total. The number of anilines is 1. The summed E-state index contributed by atoms with van der Waals surface area (Å²) in [7, 11) is 0. The van der Waals surface area contributed by atoms with E-state index in [1.165, 1.54) is 11.3 Å². The Morgan fingerprint density at radius 1 is 1.19 bits per heavy atom. The van der Waals surface area contributed by atoms with Crippen molar-refractivity contribution in [2.24, 2.45) is 0 Å². The van der Waals surface area contributed by atoms with Gasteiger partial charge >= 0.3 is 6.03 Å². The average molecular weight is 386 g/mol. The normalized spacial score (nSPS) is 18.6. The quantitative estimate of drug-likeness (QED) is 0.564. The Hall–Kier alpha value is -3.20. The fourth-order valence-electron chi connectivity index (χ4n) is 2.66. The zero-order chi connectivity index (χ0) is 19.4. The zero-order valence-corrected chi connectivity index (χ0v) is 15.3. The number of rotatable bonds is 6. The number of nitrogens with one attached hydrogen (secondary N) is 4. The maximum absolute atomic E-state index is 12.1. The Morgan fingerprint density at radius 3 is 2.67 bits per heavy atom. The minimum Gasteiger partial charge on any atom is -0.351 e. The van der Waals surface area contributed by atoms with Gasteiger partial charge in [-0.05, 0) is 36.1 Å². The Balaban J connectivity index is 1.56. The summed E-state index contributed by atoms with van der Waals surface area (Å²) in [5.74, 6) is -0.938. The van der Waals surface area contributed by atoms with Gasteiger partial charge in [-0.25, -0.2) is 4.79 Å². The van der Waals surface area contributed by atoms with Gasteiger partial charge in [0.05, 0.1) is 4.88 Å². The molecule has 0 aliphatic carbocycles. The Kier molecular flexibility index (Phi) is 5.22. The van der Waals surface area contributed by atoms with Gasteiger partial charge < -0.3 is 16.0 Å². The van der Waals surface area contributed by atoms with Crippen molar-refractivity contribution >= 4 is 40.8 Å². The second kappa shape index (κ2) is 7.58. The third-order valence-electron chi connectivity index (χ3n) is 4.15. The summed E-state index contributed by atoms with van der Waals surface area (Å²) in [5.41, 5.74) is -0.140. The van der Waals surface area contributed by atoms with Crippen molar-refractivity contribution in [1.82, 2.24) is 16.0 Å². The van der Waals surface area contributed by atoms with Gasteiger partial charge in [0.2, 0.25) is 5.91 Å². The van der Waals surface area contributed by atoms with Crippen molar-refractivity contribution in [3.05, 3.63) is 52.2 Å². The number of amides is 5. The Bertz CT molecular complexity index is 897. The molecule has 9 heteroatoms. The van der Waals surface area contributed by atoms with Crippen LogP contribution in [0.4, 0.5) is 10.5 Å². The molecule has 4 N–H and O–H groups in total. The molecule has 0 bridgehead atoms. The van der Waals surface area contributed by atoms with Gasteiger partial charge in [0, 0.05) is 18.7 Å². The lowest BCUT2D eigenvalue weighted by Crippen LogP contribution is -2.40. The van der Waals surface area contributed by atoms with Crippen molar-refractivity contribution in [3.8, 4) is 0 Å². The van der Waals surface area contributed by atoms with Crippen LogP contribution in [0.15, 0.2) is 41.8 Å². The minimum atomic E-state index is -1.19. The van der Waals surface area contributed by atoms with E-state index in [0.29, 0.717) is 16.1 Å². The fraction of sp³-hybridized carbons (Fsp3) is 0.222. The molecule has 140 valence electrons. The number of thiophene rings is 1. The largest absolute Gasteiger partial charge is 0.351 e. The van der Waals surface area contributed by atoms with Crippen molar-refractivity contribution in [2.45, 2.75) is 18.9 Å². The van der Waals surface area contributed by atoms with E-state index in [1.807, 2.05) is 5.38 Å². The smallest absolute Gasteiger partial charge is 0.322 e. The molecule has 5 amide bonds. The highest BCUT2D eigenvalue weighted by molar-refractivity contribution is 7.12. The van der Waals surface area contributed by atoms with Crippen LogP contribution in [-0.4, -0.2) is 30.3 Å². The first-order valence-electron chi connectivity index (χ1n) is 8.24. The number of hydrogen-bond acceptors (Lipinski definition) is 5. The summed E-state index contributed by atoms with van der Waals surface area (Å²) in [6.45, 7) is 1.80. The van der Waals surface area contributed by atoms with Crippen LogP contribution >= 0.6 is 11.3 Å². The lowest BCUT2D eigenvalue weighted by molar-refractivity contribution is -0.123. The van der Waals surface area contributed by atoms with Gasteiger partial charge in [0.15, 0.2) is 0 Å². The van der Waals surface area contributed by atoms with Crippen LogP contribution in [-0.2, 0) is 15.1 Å². The molecule has 1 saturated heterocycles. The van der Waals surface area contributed by atoms with Crippen LogP contribution in [0.5, 0.6) is 0 Å². The van der Waals surface area contributed by atoms with Crippen molar-refractivity contribution in [1.29, 1.82) is 0 Å². The number of hydrogen-bond donors (Lipinski definition) is 4. The first kappa shape index (κ1) is 18.6. The van der Waals surface area contributed by atoms with E-state index in [2.05, 4.69) is 21.3 Å². The first-order valence-corrected chi connectivity index (χ1v) is 9.12. The molecule has 2 aromatic rings. The molecular weight excluding hydrogens is 368 g/mol. The molecule has 1 aliphatic heterocycles. The van der Waals surface area contributed by atoms with Crippen molar-refractivity contribution < 1.29 is 19.2 Å². The Morgan fingerprint density at radius 2 is 2.00 bits per heavy atom. The zero-order valence-electron chi connectivity index (χ0n) is 14.5. The van der Waals surface area contributed by atoms with Crippen LogP contribution in [0.1, 0.15) is 28.6 Å². The van der Waals surface area contributed by atoms with Gasteiger partial charge in [-0.3, -0.25) is 19.7 Å². The molecule has 0 radical (unpaired) electrons. The summed E-state index contributed by atoms with van der Waals surface area (Å²) in [4.78, 5) is 48.0. The number of carbonyl (C=O) groups is 4. The summed E-state index contributed by atoms with van der Waals surface area (Å²) in [6.07, 6.45) is 0.107. The molecule has 0 saturated carbocycles. The number of carbonyl (C=O) groups excluding carboxylic acids is 4. The minimum absolute atomic E-state index is 0.107. The van der Waals surface area contributed by atoms with E-state index >= 15 is 0 Å². The number of imide groups is 1. The third-order valence-corrected chi connectivity index (χ3v) is 5.02. The number of urea groups is 1. The summed E-state index contributed by atoms with van der Waals surface area (Å²) in [5, 5.41) is 12.0. The van der Waals surface area contributed by atoms with E-state index < -0.39 is 17.5 Å². The van der Waals surface area contributed by atoms with Crippen LogP contribution < -0.4 is 21.3 Å². The summed E-state index contributed by atoms with van der Waals surface area (Å²) in [6, 6.07) is 9.64. The highest BCUT2D eigenvalue weighted by Gasteiger charge is 2.43. The van der Waals surface area contributed by atoms with E-state index in [0.717, 1.165) is 0 Å². The van der Waals surface area contributed by atoms with Gasteiger partial charge in [-0.2, -0.15) is 0 Å². The molecule has 27 heavy (non-hydrogen) atoms. The second-order valence-electron chi connectivity index (χ2n) is 6.15. The molecular formula is C18H18N4O4S. The molecule has 1 fully saturated rings. The number of benzene rings is 1. The topological polar surface area (TPSA) is 116 Å². The van der Waals surface area contributed by atoms with E-state index in [9.17, 15) is 19.2 Å². The van der Waals surface area contributed by atoms with Gasteiger partial charge in [0.25, 0.3) is 11.8 Å². The standard InChI is InChI=1S/C18H18N4O4S/c1-18(16(25)21-17(26)22-18)11-4-2-5-12(10-11)20-14(23)7-8-19-15(24)13-6-3-9-27-13/h2-6,9-10H,7-8H2,1H3,(H,19,24)(H,20,23)(H2,21,22,25,26). The van der Waals surface area contributed by atoms with Crippen LogP contribution in [0.3, 0.4) is 0 Å². The Labute approximate surface area is 159 Å². The van der Waals surface area contributed by atoms with E-state index in [4.69, 9.17) is 0 Å². The van der Waals surface area contributed by atoms with Gasteiger partial charge in [0.1, 0.15) is 5.54 Å². The van der Waals surface area contributed by atoms with Crippen molar-refractivity contribution in [3.63, 3.8) is 0 Å². The fourth-order valence-corrected chi connectivity index (χ4v) is 3.30. The lowest BCUT2D eigenvalue weighted by Gasteiger charge is -2.21. The molecule has 1 unspecified atom stereocenters. The molecule has 2 heterocycles. The molecule has 0 spiro atoms. The molecule has 3 rings (SSSR count). The van der Waals surface area contributed by atoms with E-state index in [1.54, 1.807) is 43.3 Å². The summed E-state index contributed by atoms with van der Waals surface area (Å²) >= 11 is 1.33. The van der Waals surface area contributed by atoms with Crippen molar-refractivity contribution in [2.75, 3.05) is 11.9 Å². The van der Waals surface area contributed by atoms with Crippen LogP contribution in [0.25, 0.3) is 0 Å². The highest BCUT2D eigenvalue weighted by atomic mass is 32.1. The third kappa shape index (κ3) is 4.14. The molecule has 1 aromatic heterocycles. The monoisotopic (exact) mass is 386 g/mol. The van der Waals surface area contributed by atoms with Gasteiger partial charge in [-0.1, -0.05) is 18.2 Å². The second-order valence-corrected chi connectivity index (χ2v) is 7.09. The SMILES string of the molecule is CC1(c2cccc(NC(=O)CCNC(=O)c3cccs3)c2)NC(=O)NC1=O.